The van der Waals surface area contributed by atoms with E-state index in [-0.39, 0.29) is 23.9 Å². The molecule has 1 aliphatic heterocycles. The number of hydrogen-bond acceptors (Lipinski definition) is 6. The van der Waals surface area contributed by atoms with Crippen molar-refractivity contribution < 1.29 is 17.5 Å². The van der Waals surface area contributed by atoms with Crippen LogP contribution in [-0.4, -0.2) is 68.9 Å². The van der Waals surface area contributed by atoms with Gasteiger partial charge < -0.3 is 9.64 Å². The number of rotatable bonds is 8. The molecule has 0 spiro atoms. The van der Waals surface area contributed by atoms with Crippen LogP contribution < -0.4 is 9.62 Å². The number of piperidine rings is 1. The first-order chi connectivity index (χ1) is 16.3. The Morgan fingerprint density at radius 1 is 1.15 bits per heavy atom. The van der Waals surface area contributed by atoms with Crippen molar-refractivity contribution in [2.45, 2.75) is 50.2 Å². The highest BCUT2D eigenvalue weighted by Crippen LogP contribution is 2.35. The van der Waals surface area contributed by atoms with Crippen molar-refractivity contribution in [2.75, 3.05) is 38.7 Å². The Morgan fingerprint density at radius 3 is 2.62 bits per heavy atom. The number of aromatic nitrogens is 2. The first kappa shape index (κ1) is 25.0. The quantitative estimate of drug-likeness (QED) is 0.611. The molecule has 1 aromatic heterocycles. The topological polar surface area (TPSA) is 87.7 Å². The van der Waals surface area contributed by atoms with E-state index in [1.54, 1.807) is 18.3 Å². The summed E-state index contributed by atoms with van der Waals surface area (Å²) in [6.45, 7) is 1.79. The second-order valence-corrected chi connectivity index (χ2v) is 11.4. The lowest BCUT2D eigenvalue weighted by atomic mass is 9.82. The van der Waals surface area contributed by atoms with E-state index < -0.39 is 10.2 Å². The number of benzene rings is 1. The van der Waals surface area contributed by atoms with Crippen molar-refractivity contribution in [2.24, 2.45) is 5.92 Å². The van der Waals surface area contributed by atoms with E-state index in [9.17, 15) is 12.8 Å². The molecule has 34 heavy (non-hydrogen) atoms. The molecule has 186 valence electrons. The van der Waals surface area contributed by atoms with Crippen LogP contribution in [0.15, 0.2) is 42.6 Å². The van der Waals surface area contributed by atoms with Gasteiger partial charge in [0.1, 0.15) is 5.82 Å². The summed E-state index contributed by atoms with van der Waals surface area (Å²) in [7, 11) is -0.492. The summed E-state index contributed by atoms with van der Waals surface area (Å²) in [5, 5.41) is 8.20. The first-order valence-corrected chi connectivity index (χ1v) is 13.4. The molecule has 2 atom stereocenters. The Hall–Kier alpha value is -2.14. The lowest BCUT2D eigenvalue weighted by molar-refractivity contribution is -0.00224. The van der Waals surface area contributed by atoms with Crippen LogP contribution in [0.2, 0.25) is 0 Å². The molecule has 10 heteroatoms. The number of anilines is 1. The number of nitrogens with one attached hydrogen (secondary N) is 1. The second-order valence-electron chi connectivity index (χ2n) is 9.45. The summed E-state index contributed by atoms with van der Waals surface area (Å²) < 4.78 is 49.0. The fourth-order valence-corrected chi connectivity index (χ4v) is 5.81. The Morgan fingerprint density at radius 2 is 1.94 bits per heavy atom. The largest absolute Gasteiger partial charge is 0.378 e. The van der Waals surface area contributed by atoms with Gasteiger partial charge in [-0.1, -0.05) is 12.1 Å². The average molecular weight is 492 g/mol. The van der Waals surface area contributed by atoms with E-state index in [2.05, 4.69) is 19.8 Å². The van der Waals surface area contributed by atoms with Gasteiger partial charge in [0, 0.05) is 45.3 Å². The van der Waals surface area contributed by atoms with Crippen LogP contribution in [0.25, 0.3) is 0 Å². The molecule has 1 aromatic carbocycles. The fourth-order valence-electron chi connectivity index (χ4n) is 4.91. The third-order valence-corrected chi connectivity index (χ3v) is 8.50. The summed E-state index contributed by atoms with van der Waals surface area (Å²) in [4.78, 5) is 2.14. The molecular formula is C24H34FN5O3S. The molecule has 0 bridgehead atoms. The summed E-state index contributed by atoms with van der Waals surface area (Å²) in [5.41, 5.74) is 1.06. The van der Waals surface area contributed by atoms with Crippen LogP contribution >= 0.6 is 0 Å². The standard InChI is InChI=1S/C24H34FN5O3S/c1-29(2)34(31,32)28-23-12-14-30(24-7-4-13-26-27-24)16-20(23)17-33-22-10-8-18(9-11-22)19-5-3-6-21(25)15-19/h3-7,13,15,18,20,22-23,28H,8-12,14,16-17H2,1-2H3/t18?,20?,22?,23-/m0/s1. The summed E-state index contributed by atoms with van der Waals surface area (Å²) in [5.74, 6) is 0.938. The van der Waals surface area contributed by atoms with Gasteiger partial charge >= 0.3 is 0 Å². The van der Waals surface area contributed by atoms with Crippen LogP contribution in [0.5, 0.6) is 0 Å². The normalized spacial score (nSPS) is 26.1. The van der Waals surface area contributed by atoms with E-state index in [0.29, 0.717) is 32.0 Å². The lowest BCUT2D eigenvalue weighted by Gasteiger charge is -2.40. The fraction of sp³-hybridized carbons (Fsp3) is 0.583. The average Bonchev–Trinajstić information content (AvgIpc) is 2.84. The van der Waals surface area contributed by atoms with Crippen molar-refractivity contribution in [1.29, 1.82) is 0 Å². The minimum absolute atomic E-state index is 0.0218. The number of nitrogens with zero attached hydrogens (tertiary/aromatic N) is 4. The van der Waals surface area contributed by atoms with Crippen LogP contribution in [0.4, 0.5) is 10.2 Å². The summed E-state index contributed by atoms with van der Waals surface area (Å²) >= 11 is 0. The van der Waals surface area contributed by atoms with Crippen molar-refractivity contribution in [1.82, 2.24) is 19.2 Å². The van der Waals surface area contributed by atoms with Crippen molar-refractivity contribution in [3.63, 3.8) is 0 Å². The van der Waals surface area contributed by atoms with E-state index in [1.165, 1.54) is 24.5 Å². The van der Waals surface area contributed by atoms with Crippen molar-refractivity contribution in [3.05, 3.63) is 54.0 Å². The molecule has 1 unspecified atom stereocenters. The predicted octanol–water partition coefficient (Wildman–Crippen LogP) is 2.95. The predicted molar refractivity (Wildman–Crippen MR) is 129 cm³/mol. The highest BCUT2D eigenvalue weighted by Gasteiger charge is 2.34. The zero-order chi connectivity index (χ0) is 24.1. The van der Waals surface area contributed by atoms with Crippen LogP contribution in [0.1, 0.15) is 43.6 Å². The van der Waals surface area contributed by atoms with Crippen LogP contribution in [-0.2, 0) is 14.9 Å². The third kappa shape index (κ3) is 6.29. The van der Waals surface area contributed by atoms with Gasteiger partial charge in [-0.3, -0.25) is 0 Å². The molecule has 1 aliphatic carbocycles. The summed E-state index contributed by atoms with van der Waals surface area (Å²) in [6, 6.07) is 10.4. The maximum Gasteiger partial charge on any atom is 0.279 e. The molecule has 2 aliphatic rings. The van der Waals surface area contributed by atoms with E-state index in [4.69, 9.17) is 4.74 Å². The van der Waals surface area contributed by atoms with Gasteiger partial charge in [0.25, 0.3) is 10.2 Å². The number of hydrogen-bond donors (Lipinski definition) is 1. The van der Waals surface area contributed by atoms with E-state index in [0.717, 1.165) is 37.1 Å². The highest BCUT2D eigenvalue weighted by atomic mass is 32.2. The van der Waals surface area contributed by atoms with Gasteiger partial charge in [0.15, 0.2) is 5.82 Å². The Kier molecular flexibility index (Phi) is 8.13. The highest BCUT2D eigenvalue weighted by molar-refractivity contribution is 7.87. The minimum Gasteiger partial charge on any atom is -0.378 e. The molecule has 0 radical (unpaired) electrons. The monoisotopic (exact) mass is 491 g/mol. The van der Waals surface area contributed by atoms with Gasteiger partial charge in [-0.2, -0.15) is 22.5 Å². The van der Waals surface area contributed by atoms with E-state index >= 15 is 0 Å². The first-order valence-electron chi connectivity index (χ1n) is 11.9. The second kappa shape index (κ2) is 11.1. The maximum absolute atomic E-state index is 13.6. The molecule has 8 nitrogen and oxygen atoms in total. The molecular weight excluding hydrogens is 457 g/mol. The molecule has 0 amide bonds. The SMILES string of the molecule is CN(C)S(=O)(=O)N[C@H]1CCN(c2cccnn2)CC1COC1CCC(c2cccc(F)c2)CC1. The van der Waals surface area contributed by atoms with E-state index in [1.807, 2.05) is 18.2 Å². The molecule has 2 heterocycles. The molecule has 2 aromatic rings. The number of halogens is 1. The third-order valence-electron chi connectivity index (χ3n) is 6.94. The lowest BCUT2D eigenvalue weighted by Crippen LogP contribution is -2.54. The van der Waals surface area contributed by atoms with Crippen LogP contribution in [0, 0.1) is 11.7 Å². The van der Waals surface area contributed by atoms with Crippen LogP contribution in [0.3, 0.4) is 0 Å². The van der Waals surface area contributed by atoms with Gasteiger partial charge in [-0.25, -0.2) is 4.39 Å². The van der Waals surface area contributed by atoms with Gasteiger partial charge in [-0.15, -0.1) is 5.10 Å². The zero-order valence-corrected chi connectivity index (χ0v) is 20.6. The Balaban J connectivity index is 1.37. The Bertz CT molecular complexity index is 1030. The molecule has 1 saturated heterocycles. The van der Waals surface area contributed by atoms with Gasteiger partial charge in [-0.05, 0) is 67.9 Å². The minimum atomic E-state index is -3.55. The molecule has 4 rings (SSSR count). The molecule has 1 N–H and O–H groups in total. The van der Waals surface area contributed by atoms with Crippen molar-refractivity contribution >= 4 is 16.0 Å². The number of ether oxygens (including phenoxy) is 1. The maximum atomic E-state index is 13.6. The zero-order valence-electron chi connectivity index (χ0n) is 19.8. The van der Waals surface area contributed by atoms with Gasteiger partial charge in [0.05, 0.1) is 12.7 Å². The molecule has 2 fully saturated rings. The Labute approximate surface area is 201 Å². The van der Waals surface area contributed by atoms with Crippen molar-refractivity contribution in [3.8, 4) is 0 Å². The molecule has 1 saturated carbocycles. The smallest absolute Gasteiger partial charge is 0.279 e. The van der Waals surface area contributed by atoms with Gasteiger partial charge in [0.2, 0.25) is 0 Å². The summed E-state index contributed by atoms with van der Waals surface area (Å²) in [6.07, 6.45) is 6.17.